The molecule has 3 atom stereocenters. The van der Waals surface area contributed by atoms with Crippen LogP contribution in [0.15, 0.2) is 24.3 Å². The number of aromatic hydroxyl groups is 1. The Morgan fingerprint density at radius 3 is 2.50 bits per heavy atom. The number of benzene rings is 1. The molecule has 0 aromatic heterocycles. The molecule has 0 bridgehead atoms. The lowest BCUT2D eigenvalue weighted by Gasteiger charge is -2.24. The van der Waals surface area contributed by atoms with Gasteiger partial charge < -0.3 is 15.9 Å². The molecule has 2 rings (SSSR count). The summed E-state index contributed by atoms with van der Waals surface area (Å²) in [6.45, 7) is 0. The normalized spacial score (nSPS) is 21.7. The van der Waals surface area contributed by atoms with Crippen LogP contribution < -0.4 is 10.8 Å². The van der Waals surface area contributed by atoms with E-state index in [9.17, 15) is 4.79 Å². The maximum Gasteiger partial charge on any atom is 0.307 e. The average Bonchev–Trinajstić information content (AvgIpc) is 2.42. The fourth-order valence-electron chi connectivity index (χ4n) is 2.25. The molecule has 1 aromatic carbocycles. The molecule has 20 heavy (non-hydrogen) atoms. The lowest BCUT2D eigenvalue weighted by Crippen LogP contribution is -2.69. The van der Waals surface area contributed by atoms with Crippen LogP contribution >= 0.6 is 9.39 Å². The van der Waals surface area contributed by atoms with Crippen molar-refractivity contribution in [2.45, 2.75) is 44.2 Å². The van der Waals surface area contributed by atoms with Gasteiger partial charge in [0.2, 0.25) is 0 Å². The van der Waals surface area contributed by atoms with Crippen LogP contribution in [0.2, 0.25) is 0 Å². The van der Waals surface area contributed by atoms with Crippen LogP contribution in [0, 0.1) is 0 Å². The predicted octanol–water partition coefficient (Wildman–Crippen LogP) is 0.938. The van der Waals surface area contributed by atoms with Crippen molar-refractivity contribution in [1.82, 2.24) is 5.09 Å². The van der Waals surface area contributed by atoms with E-state index in [0.29, 0.717) is 17.6 Å². The van der Waals surface area contributed by atoms with Gasteiger partial charge in [-0.25, -0.2) is 0 Å². The van der Waals surface area contributed by atoms with Crippen molar-refractivity contribution < 1.29 is 20.7 Å². The molecular formula is C14H24N2O3P+. The van der Waals surface area contributed by atoms with E-state index >= 15 is 0 Å². The molecule has 1 fully saturated rings. The zero-order chi connectivity index (χ0) is 15.0. The van der Waals surface area contributed by atoms with Crippen molar-refractivity contribution in [2.75, 3.05) is 0 Å². The van der Waals surface area contributed by atoms with Gasteiger partial charge in [-0.15, -0.1) is 0 Å². The molecule has 6 heteroatoms. The van der Waals surface area contributed by atoms with E-state index in [1.165, 1.54) is 31.7 Å². The van der Waals surface area contributed by atoms with Gasteiger partial charge in [0.1, 0.15) is 11.8 Å². The third kappa shape index (κ3) is 5.87. The number of rotatable bonds is 3. The molecule has 1 unspecified atom stereocenters. The summed E-state index contributed by atoms with van der Waals surface area (Å²) in [4.78, 5) is 10.2. The largest absolute Gasteiger partial charge is 0.508 e. The van der Waals surface area contributed by atoms with Gasteiger partial charge in [-0.1, -0.05) is 34.0 Å². The molecule has 1 aliphatic carbocycles. The standard InChI is InChI=1S/C8H8O3.C6H15N2P/c9-7-4-2-1-3-6(7)5-8(10)11;7-5-3-1-2-4-6(5)8-9/h1-4,9H,5H2,(H,10,11);5-6,8H,1-4,7,9H2/p+1/t;5-,6+/m.1/s1. The number of nitrogens with one attached hydrogen (secondary N) is 1. The number of quaternary nitrogens is 1. The number of carboxylic acids is 1. The molecule has 6 N–H and O–H groups in total. The summed E-state index contributed by atoms with van der Waals surface area (Å²) < 4.78 is 0. The first-order valence-corrected chi connectivity index (χ1v) is 7.40. The molecule has 112 valence electrons. The Hall–Kier alpha value is -1.16. The smallest absolute Gasteiger partial charge is 0.307 e. The maximum atomic E-state index is 10.2. The highest BCUT2D eigenvalue weighted by molar-refractivity contribution is 7.13. The Labute approximate surface area is 121 Å². The highest BCUT2D eigenvalue weighted by Crippen LogP contribution is 2.16. The van der Waals surface area contributed by atoms with Gasteiger partial charge in [0.05, 0.1) is 12.5 Å². The first-order valence-electron chi connectivity index (χ1n) is 6.82. The van der Waals surface area contributed by atoms with Crippen LogP contribution in [-0.2, 0) is 11.2 Å². The summed E-state index contributed by atoms with van der Waals surface area (Å²) in [5, 5.41) is 20.7. The van der Waals surface area contributed by atoms with Crippen LogP contribution in [0.3, 0.4) is 0 Å². The zero-order valence-corrected chi connectivity index (χ0v) is 12.7. The summed E-state index contributed by atoms with van der Waals surface area (Å²) in [7, 11) is 2.58. The first kappa shape index (κ1) is 16.9. The van der Waals surface area contributed by atoms with E-state index in [4.69, 9.17) is 10.2 Å². The summed E-state index contributed by atoms with van der Waals surface area (Å²) in [5.74, 6) is -0.901. The van der Waals surface area contributed by atoms with Crippen molar-refractivity contribution in [3.8, 4) is 5.75 Å². The van der Waals surface area contributed by atoms with Crippen molar-refractivity contribution in [2.24, 2.45) is 0 Å². The summed E-state index contributed by atoms with van der Waals surface area (Å²) in [6.07, 6.45) is 5.21. The summed E-state index contributed by atoms with van der Waals surface area (Å²) in [5.41, 5.74) is 4.52. The number of hydrogen-bond donors (Lipinski definition) is 4. The number of aliphatic carboxylic acids is 1. The molecule has 5 nitrogen and oxygen atoms in total. The second-order valence-electron chi connectivity index (χ2n) is 5.02. The third-order valence-electron chi connectivity index (χ3n) is 3.46. The number of hydrogen-bond acceptors (Lipinski definition) is 3. The summed E-state index contributed by atoms with van der Waals surface area (Å²) >= 11 is 0. The van der Waals surface area contributed by atoms with Crippen molar-refractivity contribution >= 4 is 15.4 Å². The topological polar surface area (TPSA) is 97.2 Å². The highest BCUT2D eigenvalue weighted by Gasteiger charge is 2.22. The van der Waals surface area contributed by atoms with E-state index in [1.54, 1.807) is 18.2 Å². The van der Waals surface area contributed by atoms with Gasteiger partial charge in [0.25, 0.3) is 0 Å². The number of phenolic OH excluding ortho intramolecular Hbond substituents is 1. The molecular weight excluding hydrogens is 275 g/mol. The predicted molar refractivity (Wildman–Crippen MR) is 81.2 cm³/mol. The molecule has 1 aromatic rings. The molecule has 1 aliphatic rings. The van der Waals surface area contributed by atoms with Gasteiger partial charge in [0, 0.05) is 12.0 Å². The fraction of sp³-hybridized carbons (Fsp3) is 0.500. The van der Waals surface area contributed by atoms with E-state index in [-0.39, 0.29) is 12.2 Å². The molecule has 0 heterocycles. The highest BCUT2D eigenvalue weighted by atomic mass is 31.0. The Morgan fingerprint density at radius 1 is 1.35 bits per heavy atom. The van der Waals surface area contributed by atoms with Crippen molar-refractivity contribution in [3.63, 3.8) is 0 Å². The number of carboxylic acid groups (broad SMARTS) is 1. The van der Waals surface area contributed by atoms with Crippen LogP contribution in [-0.4, -0.2) is 28.3 Å². The fourth-order valence-corrected chi connectivity index (χ4v) is 2.69. The molecule has 0 spiro atoms. The minimum Gasteiger partial charge on any atom is -0.508 e. The third-order valence-corrected chi connectivity index (χ3v) is 3.88. The van der Waals surface area contributed by atoms with Crippen LogP contribution in [0.25, 0.3) is 0 Å². The maximum absolute atomic E-state index is 10.2. The minimum atomic E-state index is -0.938. The van der Waals surface area contributed by atoms with Crippen LogP contribution in [0.1, 0.15) is 31.2 Å². The van der Waals surface area contributed by atoms with Crippen LogP contribution in [0.5, 0.6) is 5.75 Å². The molecule has 0 aliphatic heterocycles. The second kappa shape index (κ2) is 8.90. The van der Waals surface area contributed by atoms with E-state index in [0.717, 1.165) is 0 Å². The number of carbonyl (C=O) groups is 1. The molecule has 0 amide bonds. The first-order chi connectivity index (χ1) is 9.54. The van der Waals surface area contributed by atoms with E-state index in [2.05, 4.69) is 20.2 Å². The van der Waals surface area contributed by atoms with Gasteiger partial charge in [-0.2, -0.15) is 0 Å². The Morgan fingerprint density at radius 2 is 2.00 bits per heavy atom. The van der Waals surface area contributed by atoms with Gasteiger partial charge in [0.15, 0.2) is 0 Å². The lowest BCUT2D eigenvalue weighted by molar-refractivity contribution is -0.429. The van der Waals surface area contributed by atoms with Crippen molar-refractivity contribution in [1.29, 1.82) is 0 Å². The van der Waals surface area contributed by atoms with Gasteiger partial charge >= 0.3 is 5.97 Å². The van der Waals surface area contributed by atoms with E-state index in [1.807, 2.05) is 0 Å². The van der Waals surface area contributed by atoms with Crippen molar-refractivity contribution in [3.05, 3.63) is 29.8 Å². The number of para-hydroxylation sites is 1. The van der Waals surface area contributed by atoms with Gasteiger partial charge in [-0.05, 0) is 18.9 Å². The SMILES string of the molecule is O=C(O)Cc1ccccc1O.[NH3+][C@@H]1CCCC[C@@H]1NP. The monoisotopic (exact) mass is 299 g/mol. The van der Waals surface area contributed by atoms with Gasteiger partial charge in [-0.3, -0.25) is 9.88 Å². The van der Waals surface area contributed by atoms with E-state index < -0.39 is 5.97 Å². The molecule has 0 saturated heterocycles. The minimum absolute atomic E-state index is 0.0369. The Bertz CT molecular complexity index is 429. The zero-order valence-electron chi connectivity index (χ0n) is 11.6. The molecule has 0 radical (unpaired) electrons. The second-order valence-corrected chi connectivity index (χ2v) is 5.35. The molecule has 1 saturated carbocycles. The Balaban J connectivity index is 0.000000204. The number of phenols is 1. The lowest BCUT2D eigenvalue weighted by atomic mass is 9.92. The average molecular weight is 299 g/mol. The Kier molecular flexibility index (Phi) is 7.52. The summed E-state index contributed by atoms with van der Waals surface area (Å²) in [6, 6.07) is 7.69. The quantitative estimate of drug-likeness (QED) is 0.624. The van der Waals surface area contributed by atoms with Crippen LogP contribution in [0.4, 0.5) is 0 Å².